The lowest BCUT2D eigenvalue weighted by Crippen LogP contribution is -2.20. The summed E-state index contributed by atoms with van der Waals surface area (Å²) in [6.45, 7) is -0.285. The Morgan fingerprint density at radius 1 is 1.24 bits per heavy atom. The van der Waals surface area contributed by atoms with E-state index < -0.39 is 10.8 Å². The highest BCUT2D eigenvalue weighted by molar-refractivity contribution is 8.00. The van der Waals surface area contributed by atoms with Crippen molar-refractivity contribution in [2.45, 2.75) is 10.1 Å². The van der Waals surface area contributed by atoms with Crippen molar-refractivity contribution in [3.8, 4) is 11.5 Å². The van der Waals surface area contributed by atoms with Crippen molar-refractivity contribution in [3.05, 3.63) is 64.2 Å². The van der Waals surface area contributed by atoms with Crippen molar-refractivity contribution in [3.63, 3.8) is 0 Å². The normalized spacial score (nSPS) is 10.4. The van der Waals surface area contributed by atoms with E-state index in [0.717, 1.165) is 10.1 Å². The minimum absolute atomic E-state index is 0.0529. The number of nitro benzene ring substituents is 1. The van der Waals surface area contributed by atoms with Crippen LogP contribution in [-0.2, 0) is 10.5 Å². The fourth-order valence-electron chi connectivity index (χ4n) is 2.24. The number of nitrogens with one attached hydrogen (secondary N) is 1. The largest absolute Gasteiger partial charge is 0.490 e. The number of nitrogens with zero attached hydrogens (tertiary/aromatic N) is 3. The average Bonchev–Trinajstić information content (AvgIpc) is 3.18. The zero-order chi connectivity index (χ0) is 20.6. The van der Waals surface area contributed by atoms with Crippen molar-refractivity contribution in [2.24, 2.45) is 0 Å². The predicted octanol–water partition coefficient (Wildman–Crippen LogP) is 3.76. The van der Waals surface area contributed by atoms with Crippen LogP contribution in [0.2, 0.25) is 0 Å². The van der Waals surface area contributed by atoms with Crippen LogP contribution in [0.5, 0.6) is 11.5 Å². The number of ether oxygens (including phenoxy) is 2. The Bertz CT molecular complexity index is 997. The van der Waals surface area contributed by atoms with Crippen LogP contribution in [0.4, 0.5) is 10.8 Å². The van der Waals surface area contributed by atoms with Gasteiger partial charge in [0.1, 0.15) is 5.75 Å². The zero-order valence-corrected chi connectivity index (χ0v) is 16.9. The van der Waals surface area contributed by atoms with Crippen molar-refractivity contribution in [1.29, 1.82) is 0 Å². The lowest BCUT2D eigenvalue weighted by atomic mass is 10.2. The molecule has 0 atom stereocenters. The molecular weight excluding hydrogens is 416 g/mol. The highest BCUT2D eigenvalue weighted by Gasteiger charge is 2.16. The number of thioether (sulfide) groups is 1. The molecule has 0 saturated carbocycles. The number of carbonyl (C=O) groups excluding carboxylic acids is 1. The van der Waals surface area contributed by atoms with E-state index in [1.807, 2.05) is 30.3 Å². The van der Waals surface area contributed by atoms with Gasteiger partial charge in [-0.25, -0.2) is 0 Å². The van der Waals surface area contributed by atoms with Crippen LogP contribution < -0.4 is 14.8 Å². The molecule has 0 fully saturated rings. The number of nitro groups is 1. The molecule has 2 aromatic carbocycles. The maximum atomic E-state index is 12.1. The molecule has 0 bridgehead atoms. The zero-order valence-electron chi connectivity index (χ0n) is 15.2. The standard InChI is InChI=1S/C18H16N4O5S2/c1-26-15-9-13(7-8-14(15)22(24)25)27-10-16(23)19-17-20-21-18(29-17)28-11-12-5-3-2-4-6-12/h2-9H,10-11H2,1H3,(H,19,20,23). The summed E-state index contributed by atoms with van der Waals surface area (Å²) in [6, 6.07) is 14.0. The third kappa shape index (κ3) is 5.90. The molecular formula is C18H16N4O5S2. The SMILES string of the molecule is COc1cc(OCC(=O)Nc2nnc(SCc3ccccc3)s2)ccc1[N+](=O)[O-]. The number of anilines is 1. The van der Waals surface area contributed by atoms with E-state index >= 15 is 0 Å². The molecule has 11 heteroatoms. The maximum Gasteiger partial charge on any atom is 0.311 e. The van der Waals surface area contributed by atoms with E-state index in [4.69, 9.17) is 9.47 Å². The van der Waals surface area contributed by atoms with Gasteiger partial charge in [0.2, 0.25) is 10.9 Å². The van der Waals surface area contributed by atoms with Gasteiger partial charge in [0, 0.05) is 17.9 Å². The highest BCUT2D eigenvalue weighted by Crippen LogP contribution is 2.31. The van der Waals surface area contributed by atoms with Crippen LogP contribution in [0.1, 0.15) is 5.56 Å². The first-order valence-electron chi connectivity index (χ1n) is 8.30. The Balaban J connectivity index is 1.50. The second kappa shape index (κ2) is 9.85. The number of aromatic nitrogens is 2. The van der Waals surface area contributed by atoms with Gasteiger partial charge in [0.15, 0.2) is 10.9 Å². The van der Waals surface area contributed by atoms with Gasteiger partial charge in [0.25, 0.3) is 5.91 Å². The second-order valence-corrected chi connectivity index (χ2v) is 7.78. The van der Waals surface area contributed by atoms with Crippen molar-refractivity contribution in [1.82, 2.24) is 10.2 Å². The third-order valence-electron chi connectivity index (χ3n) is 3.58. The number of amides is 1. The van der Waals surface area contributed by atoms with E-state index in [0.29, 0.717) is 5.13 Å². The van der Waals surface area contributed by atoms with Crippen molar-refractivity contribution < 1.29 is 19.2 Å². The van der Waals surface area contributed by atoms with Crippen LogP contribution in [0.3, 0.4) is 0 Å². The van der Waals surface area contributed by atoms with Crippen LogP contribution in [-0.4, -0.2) is 34.7 Å². The van der Waals surface area contributed by atoms with Gasteiger partial charge in [-0.15, -0.1) is 10.2 Å². The van der Waals surface area contributed by atoms with E-state index in [1.165, 1.54) is 54.0 Å². The molecule has 1 N–H and O–H groups in total. The minimum atomic E-state index is -0.557. The molecule has 150 valence electrons. The number of hydrogen-bond acceptors (Lipinski definition) is 9. The lowest BCUT2D eigenvalue weighted by Gasteiger charge is -2.07. The smallest absolute Gasteiger partial charge is 0.311 e. The van der Waals surface area contributed by atoms with Crippen LogP contribution in [0.15, 0.2) is 52.9 Å². The lowest BCUT2D eigenvalue weighted by molar-refractivity contribution is -0.385. The first-order chi connectivity index (χ1) is 14.0. The fourth-order valence-corrected chi connectivity index (χ4v) is 3.96. The Morgan fingerprint density at radius 2 is 2.03 bits per heavy atom. The van der Waals surface area contributed by atoms with E-state index in [-0.39, 0.29) is 23.8 Å². The Kier molecular flexibility index (Phi) is 6.98. The molecule has 29 heavy (non-hydrogen) atoms. The number of hydrogen-bond donors (Lipinski definition) is 1. The van der Waals surface area contributed by atoms with Crippen LogP contribution >= 0.6 is 23.1 Å². The van der Waals surface area contributed by atoms with Gasteiger partial charge < -0.3 is 9.47 Å². The van der Waals surface area contributed by atoms with E-state index in [2.05, 4.69) is 15.5 Å². The van der Waals surface area contributed by atoms with Crippen LogP contribution in [0, 0.1) is 10.1 Å². The Labute approximate surface area is 174 Å². The van der Waals surface area contributed by atoms with Gasteiger partial charge in [-0.3, -0.25) is 20.2 Å². The molecule has 0 unspecified atom stereocenters. The van der Waals surface area contributed by atoms with Gasteiger partial charge >= 0.3 is 5.69 Å². The molecule has 0 saturated heterocycles. The first-order valence-corrected chi connectivity index (χ1v) is 10.1. The molecule has 3 rings (SSSR count). The number of carbonyl (C=O) groups is 1. The van der Waals surface area contributed by atoms with E-state index in [1.54, 1.807) is 0 Å². The summed E-state index contributed by atoms with van der Waals surface area (Å²) in [4.78, 5) is 22.4. The fraction of sp³-hybridized carbons (Fsp3) is 0.167. The molecule has 9 nitrogen and oxygen atoms in total. The summed E-state index contributed by atoms with van der Waals surface area (Å²) in [7, 11) is 1.32. The number of rotatable bonds is 9. The summed E-state index contributed by atoms with van der Waals surface area (Å²) in [5.74, 6) is 0.670. The van der Waals surface area contributed by atoms with Crippen molar-refractivity contribution >= 4 is 39.8 Å². The van der Waals surface area contributed by atoms with Crippen molar-refractivity contribution in [2.75, 3.05) is 19.0 Å². The summed E-state index contributed by atoms with van der Waals surface area (Å²) < 4.78 is 11.1. The average molecular weight is 432 g/mol. The van der Waals surface area contributed by atoms with Gasteiger partial charge in [-0.05, 0) is 11.6 Å². The van der Waals surface area contributed by atoms with Gasteiger partial charge in [0.05, 0.1) is 12.0 Å². The number of methoxy groups -OCH3 is 1. The topological polar surface area (TPSA) is 116 Å². The predicted molar refractivity (Wildman–Crippen MR) is 110 cm³/mol. The molecule has 0 spiro atoms. The third-order valence-corrected chi connectivity index (χ3v) is 5.62. The summed E-state index contributed by atoms with van der Waals surface area (Å²) in [6.07, 6.45) is 0. The first kappa shape index (κ1) is 20.6. The highest BCUT2D eigenvalue weighted by atomic mass is 32.2. The second-order valence-electron chi connectivity index (χ2n) is 5.58. The molecule has 1 aromatic heterocycles. The molecule has 3 aromatic rings. The van der Waals surface area contributed by atoms with E-state index in [9.17, 15) is 14.9 Å². The van der Waals surface area contributed by atoms with Crippen LogP contribution in [0.25, 0.3) is 0 Å². The maximum absolute atomic E-state index is 12.1. The molecule has 1 amide bonds. The summed E-state index contributed by atoms with van der Waals surface area (Å²) in [5.41, 5.74) is 0.990. The summed E-state index contributed by atoms with van der Waals surface area (Å²) >= 11 is 2.80. The van der Waals surface area contributed by atoms with Gasteiger partial charge in [-0.2, -0.15) is 0 Å². The summed E-state index contributed by atoms with van der Waals surface area (Å²) in [5, 5.41) is 21.9. The Morgan fingerprint density at radius 3 is 2.76 bits per heavy atom. The molecule has 0 aliphatic carbocycles. The molecule has 0 aliphatic heterocycles. The Hall–Kier alpha value is -3.18. The molecule has 0 aliphatic rings. The quantitative estimate of drug-likeness (QED) is 0.235. The van der Waals surface area contributed by atoms with Gasteiger partial charge in [-0.1, -0.05) is 53.4 Å². The molecule has 0 radical (unpaired) electrons. The molecule has 1 heterocycles. The number of benzene rings is 2. The monoisotopic (exact) mass is 432 g/mol. The minimum Gasteiger partial charge on any atom is -0.490 e.